The number of fused-ring (bicyclic) bond motifs is 1. The van der Waals surface area contributed by atoms with Crippen LogP contribution in [0.1, 0.15) is 35.7 Å². The molecule has 140 valence electrons. The zero-order chi connectivity index (χ0) is 19.2. The number of hydrogen-bond acceptors (Lipinski definition) is 4. The van der Waals surface area contributed by atoms with E-state index in [1.165, 1.54) is 0 Å². The van der Waals surface area contributed by atoms with Crippen LogP contribution in [0.5, 0.6) is 5.75 Å². The highest BCUT2D eigenvalue weighted by Crippen LogP contribution is 2.25. The molecular weight excluding hydrogens is 342 g/mol. The van der Waals surface area contributed by atoms with Gasteiger partial charge in [0.1, 0.15) is 5.75 Å². The lowest BCUT2D eigenvalue weighted by molar-refractivity contribution is -0.143. The van der Waals surface area contributed by atoms with Crippen LogP contribution in [0.25, 0.3) is 10.9 Å². The number of rotatable bonds is 8. The summed E-state index contributed by atoms with van der Waals surface area (Å²) in [6, 6.07) is 15.0. The summed E-state index contributed by atoms with van der Waals surface area (Å²) in [6.45, 7) is 2.84. The van der Waals surface area contributed by atoms with Gasteiger partial charge in [0.2, 0.25) is 0 Å². The summed E-state index contributed by atoms with van der Waals surface area (Å²) in [4.78, 5) is 24.6. The van der Waals surface area contributed by atoms with E-state index in [1.54, 1.807) is 26.2 Å². The predicted molar refractivity (Wildman–Crippen MR) is 104 cm³/mol. The average molecular weight is 365 g/mol. The molecule has 1 heterocycles. The quantitative estimate of drug-likeness (QED) is 0.443. The van der Waals surface area contributed by atoms with E-state index in [-0.39, 0.29) is 11.8 Å². The van der Waals surface area contributed by atoms with Gasteiger partial charge in [-0.3, -0.25) is 9.59 Å². The van der Waals surface area contributed by atoms with Gasteiger partial charge in [-0.25, -0.2) is 0 Å². The predicted octanol–water partition coefficient (Wildman–Crippen LogP) is 4.22. The first-order valence-electron chi connectivity index (χ1n) is 9.06. The molecule has 2 aromatic carbocycles. The fourth-order valence-corrected chi connectivity index (χ4v) is 3.16. The van der Waals surface area contributed by atoms with E-state index in [2.05, 4.69) is 0 Å². The van der Waals surface area contributed by atoms with E-state index < -0.39 is 0 Å². The first-order valence-corrected chi connectivity index (χ1v) is 9.06. The minimum atomic E-state index is -0.193. The molecule has 27 heavy (non-hydrogen) atoms. The van der Waals surface area contributed by atoms with Crippen molar-refractivity contribution in [1.82, 2.24) is 4.57 Å². The van der Waals surface area contributed by atoms with Crippen LogP contribution in [0.15, 0.2) is 54.7 Å². The Morgan fingerprint density at radius 3 is 2.67 bits per heavy atom. The topological polar surface area (TPSA) is 57.5 Å². The van der Waals surface area contributed by atoms with Crippen molar-refractivity contribution in [2.45, 2.75) is 26.3 Å². The third-order valence-electron chi connectivity index (χ3n) is 4.45. The van der Waals surface area contributed by atoms with E-state index in [0.717, 1.165) is 10.9 Å². The first kappa shape index (κ1) is 18.7. The first-order chi connectivity index (χ1) is 13.1. The molecule has 0 aliphatic rings. The van der Waals surface area contributed by atoms with Crippen molar-refractivity contribution < 1.29 is 19.1 Å². The Kier molecular flexibility index (Phi) is 5.91. The van der Waals surface area contributed by atoms with Gasteiger partial charge in [0, 0.05) is 41.2 Å². The van der Waals surface area contributed by atoms with E-state index in [9.17, 15) is 9.59 Å². The van der Waals surface area contributed by atoms with Gasteiger partial charge in [0.25, 0.3) is 0 Å². The van der Waals surface area contributed by atoms with Gasteiger partial charge in [-0.05, 0) is 31.5 Å². The van der Waals surface area contributed by atoms with Crippen molar-refractivity contribution in [3.05, 3.63) is 65.9 Å². The number of nitrogens with zero attached hydrogens (tertiary/aromatic N) is 1. The van der Waals surface area contributed by atoms with Crippen molar-refractivity contribution in [1.29, 1.82) is 0 Å². The molecule has 3 rings (SSSR count). The third-order valence-corrected chi connectivity index (χ3v) is 4.45. The summed E-state index contributed by atoms with van der Waals surface area (Å²) in [5, 5.41) is 0.904. The van der Waals surface area contributed by atoms with Crippen LogP contribution in [-0.4, -0.2) is 30.0 Å². The van der Waals surface area contributed by atoms with Gasteiger partial charge in [0.15, 0.2) is 5.78 Å². The van der Waals surface area contributed by atoms with Gasteiger partial charge in [0.05, 0.1) is 13.7 Å². The molecule has 1 aromatic heterocycles. The third kappa shape index (κ3) is 4.19. The maximum Gasteiger partial charge on any atom is 0.305 e. The maximum absolute atomic E-state index is 13.1. The highest BCUT2D eigenvalue weighted by Gasteiger charge is 2.17. The van der Waals surface area contributed by atoms with Gasteiger partial charge in [-0.2, -0.15) is 0 Å². The fraction of sp³-hybridized carbons (Fsp3) is 0.273. The Hall–Kier alpha value is -3.08. The van der Waals surface area contributed by atoms with Crippen LogP contribution in [0.2, 0.25) is 0 Å². The Morgan fingerprint density at radius 1 is 1.07 bits per heavy atom. The molecule has 0 aliphatic heterocycles. The standard InChI is InChI=1S/C22H23NO4/c1-3-27-21(24)12-7-13-23-15-19(18-10-4-5-11-20(18)23)22(25)16-8-6-9-17(14-16)26-2/h4-6,8-11,14-15H,3,7,12-13H2,1-2H3. The van der Waals surface area contributed by atoms with Crippen LogP contribution in [0, 0.1) is 0 Å². The normalized spacial score (nSPS) is 10.7. The van der Waals surface area contributed by atoms with Crippen molar-refractivity contribution in [2.24, 2.45) is 0 Å². The highest BCUT2D eigenvalue weighted by molar-refractivity contribution is 6.16. The molecule has 0 bridgehead atoms. The molecule has 0 radical (unpaired) electrons. The largest absolute Gasteiger partial charge is 0.497 e. The Labute approximate surface area is 158 Å². The smallest absolute Gasteiger partial charge is 0.305 e. The number of aryl methyl sites for hydroxylation is 1. The lowest BCUT2D eigenvalue weighted by Gasteiger charge is -2.05. The van der Waals surface area contributed by atoms with Crippen LogP contribution >= 0.6 is 0 Å². The summed E-state index contributed by atoms with van der Waals surface area (Å²) in [5.41, 5.74) is 2.21. The molecule has 0 saturated heterocycles. The molecule has 0 spiro atoms. The Balaban J connectivity index is 1.87. The number of methoxy groups -OCH3 is 1. The molecule has 0 N–H and O–H groups in total. The number of carbonyl (C=O) groups excluding carboxylic acids is 2. The molecule has 0 saturated carbocycles. The van der Waals surface area contributed by atoms with Gasteiger partial charge < -0.3 is 14.0 Å². The van der Waals surface area contributed by atoms with Crippen molar-refractivity contribution in [2.75, 3.05) is 13.7 Å². The van der Waals surface area contributed by atoms with E-state index in [0.29, 0.717) is 42.9 Å². The van der Waals surface area contributed by atoms with Crippen LogP contribution in [-0.2, 0) is 16.1 Å². The molecular formula is C22H23NO4. The summed E-state index contributed by atoms with van der Waals surface area (Å²) in [6.07, 6.45) is 2.89. The number of hydrogen-bond donors (Lipinski definition) is 0. The average Bonchev–Trinajstić information content (AvgIpc) is 3.06. The number of ether oxygens (including phenoxy) is 2. The minimum absolute atomic E-state index is 0.0470. The minimum Gasteiger partial charge on any atom is -0.497 e. The number of aromatic nitrogens is 1. The van der Waals surface area contributed by atoms with Crippen LogP contribution < -0.4 is 4.74 Å². The second kappa shape index (κ2) is 8.54. The zero-order valence-electron chi connectivity index (χ0n) is 15.6. The Morgan fingerprint density at radius 2 is 1.89 bits per heavy atom. The molecule has 5 nitrogen and oxygen atoms in total. The summed E-state index contributed by atoms with van der Waals surface area (Å²) >= 11 is 0. The van der Waals surface area contributed by atoms with Crippen LogP contribution in [0.3, 0.4) is 0 Å². The van der Waals surface area contributed by atoms with Gasteiger partial charge >= 0.3 is 5.97 Å². The number of benzene rings is 2. The van der Waals surface area contributed by atoms with E-state index in [4.69, 9.17) is 9.47 Å². The number of para-hydroxylation sites is 1. The van der Waals surface area contributed by atoms with E-state index >= 15 is 0 Å². The SMILES string of the molecule is CCOC(=O)CCCn1cc(C(=O)c2cccc(OC)c2)c2ccccc21. The summed E-state index contributed by atoms with van der Waals surface area (Å²) in [7, 11) is 1.58. The summed E-state index contributed by atoms with van der Waals surface area (Å²) in [5.74, 6) is 0.412. The molecule has 0 fully saturated rings. The Bertz CT molecular complexity index is 958. The van der Waals surface area contributed by atoms with Crippen LogP contribution in [0.4, 0.5) is 0 Å². The second-order valence-corrected chi connectivity index (χ2v) is 6.22. The molecule has 5 heteroatoms. The fourth-order valence-electron chi connectivity index (χ4n) is 3.16. The molecule has 0 unspecified atom stereocenters. The maximum atomic E-state index is 13.1. The molecule has 0 atom stereocenters. The highest BCUT2D eigenvalue weighted by atomic mass is 16.5. The molecule has 3 aromatic rings. The van der Waals surface area contributed by atoms with Crippen molar-refractivity contribution >= 4 is 22.7 Å². The van der Waals surface area contributed by atoms with E-state index in [1.807, 2.05) is 47.2 Å². The van der Waals surface area contributed by atoms with Gasteiger partial charge in [-0.15, -0.1) is 0 Å². The van der Waals surface area contributed by atoms with Crippen molar-refractivity contribution in [3.8, 4) is 5.75 Å². The summed E-state index contributed by atoms with van der Waals surface area (Å²) < 4.78 is 12.2. The lowest BCUT2D eigenvalue weighted by atomic mass is 10.0. The number of carbonyl (C=O) groups is 2. The number of ketones is 1. The van der Waals surface area contributed by atoms with Gasteiger partial charge in [-0.1, -0.05) is 30.3 Å². The number of esters is 1. The zero-order valence-corrected chi connectivity index (χ0v) is 15.6. The van der Waals surface area contributed by atoms with Crippen molar-refractivity contribution in [3.63, 3.8) is 0 Å². The lowest BCUT2D eigenvalue weighted by Crippen LogP contribution is -2.06. The second-order valence-electron chi connectivity index (χ2n) is 6.22. The monoisotopic (exact) mass is 365 g/mol. The molecule has 0 amide bonds. The molecule has 0 aliphatic carbocycles.